The Morgan fingerprint density at radius 3 is 2.68 bits per heavy atom. The third-order valence-electron chi connectivity index (χ3n) is 2.73. The summed E-state index contributed by atoms with van der Waals surface area (Å²) in [5, 5.41) is 1.31. The molecular weight excluding hydrogens is 281 g/mol. The maximum atomic E-state index is 6.09. The van der Waals surface area contributed by atoms with Gasteiger partial charge in [0.25, 0.3) is 0 Å². The van der Waals surface area contributed by atoms with Gasteiger partial charge in [0, 0.05) is 15.6 Å². The molecule has 0 atom stereocenters. The SMILES string of the molecule is NCCc1cccc(OCc2cc(Cl)ccc2Cl)c1. The quantitative estimate of drug-likeness (QED) is 0.902. The van der Waals surface area contributed by atoms with Crippen molar-refractivity contribution in [3.8, 4) is 5.75 Å². The molecule has 0 spiro atoms. The zero-order valence-corrected chi connectivity index (χ0v) is 11.9. The summed E-state index contributed by atoms with van der Waals surface area (Å²) in [6.45, 7) is 1.02. The van der Waals surface area contributed by atoms with Crippen LogP contribution >= 0.6 is 23.2 Å². The van der Waals surface area contributed by atoms with E-state index in [1.165, 1.54) is 0 Å². The van der Waals surface area contributed by atoms with Crippen molar-refractivity contribution in [2.45, 2.75) is 13.0 Å². The molecule has 0 bridgehead atoms. The Hall–Kier alpha value is -1.22. The van der Waals surface area contributed by atoms with E-state index in [2.05, 4.69) is 0 Å². The van der Waals surface area contributed by atoms with Gasteiger partial charge in [0.2, 0.25) is 0 Å². The third kappa shape index (κ3) is 4.13. The van der Waals surface area contributed by atoms with Gasteiger partial charge in [-0.3, -0.25) is 0 Å². The topological polar surface area (TPSA) is 35.2 Å². The van der Waals surface area contributed by atoms with Gasteiger partial charge < -0.3 is 10.5 Å². The van der Waals surface area contributed by atoms with Gasteiger partial charge in [0.05, 0.1) is 0 Å². The van der Waals surface area contributed by atoms with Gasteiger partial charge in [-0.1, -0.05) is 35.3 Å². The first-order chi connectivity index (χ1) is 9.19. The highest BCUT2D eigenvalue weighted by Gasteiger charge is 2.03. The van der Waals surface area contributed by atoms with E-state index in [4.69, 9.17) is 33.7 Å². The Balaban J connectivity index is 2.05. The van der Waals surface area contributed by atoms with Gasteiger partial charge in [-0.15, -0.1) is 0 Å². The zero-order valence-electron chi connectivity index (χ0n) is 10.4. The number of nitrogens with two attached hydrogens (primary N) is 1. The molecule has 0 aromatic heterocycles. The lowest BCUT2D eigenvalue weighted by Gasteiger charge is -2.09. The fraction of sp³-hybridized carbons (Fsp3) is 0.200. The number of benzene rings is 2. The molecule has 0 radical (unpaired) electrons. The number of hydrogen-bond acceptors (Lipinski definition) is 2. The normalized spacial score (nSPS) is 10.5. The predicted molar refractivity (Wildman–Crippen MR) is 80.0 cm³/mol. The van der Waals surface area contributed by atoms with Crippen LogP contribution in [0, 0.1) is 0 Å². The molecule has 0 fully saturated rings. The van der Waals surface area contributed by atoms with Crippen molar-refractivity contribution in [2.24, 2.45) is 5.73 Å². The fourth-order valence-electron chi connectivity index (χ4n) is 1.77. The zero-order chi connectivity index (χ0) is 13.7. The van der Waals surface area contributed by atoms with Gasteiger partial charge in [-0.2, -0.15) is 0 Å². The molecular formula is C15H15Cl2NO. The molecule has 4 heteroatoms. The van der Waals surface area contributed by atoms with Crippen LogP contribution in [0.2, 0.25) is 10.0 Å². The number of ether oxygens (including phenoxy) is 1. The van der Waals surface area contributed by atoms with Crippen molar-refractivity contribution in [3.63, 3.8) is 0 Å². The summed E-state index contributed by atoms with van der Waals surface area (Å²) in [5.74, 6) is 0.807. The van der Waals surface area contributed by atoms with Crippen molar-refractivity contribution < 1.29 is 4.74 Å². The van der Waals surface area contributed by atoms with Crippen LogP contribution in [-0.2, 0) is 13.0 Å². The van der Waals surface area contributed by atoms with E-state index in [1.54, 1.807) is 12.1 Å². The smallest absolute Gasteiger partial charge is 0.120 e. The summed E-state index contributed by atoms with van der Waals surface area (Å²) in [7, 11) is 0. The van der Waals surface area contributed by atoms with Crippen molar-refractivity contribution in [2.75, 3.05) is 6.54 Å². The van der Waals surface area contributed by atoms with Crippen molar-refractivity contribution in [1.29, 1.82) is 0 Å². The third-order valence-corrected chi connectivity index (χ3v) is 3.34. The number of halogens is 2. The van der Waals surface area contributed by atoms with Gasteiger partial charge in [-0.05, 0) is 48.9 Å². The van der Waals surface area contributed by atoms with Gasteiger partial charge >= 0.3 is 0 Å². The van der Waals surface area contributed by atoms with E-state index >= 15 is 0 Å². The standard InChI is InChI=1S/C15H15Cl2NO/c16-13-4-5-15(17)12(9-13)10-19-14-3-1-2-11(8-14)6-7-18/h1-5,8-9H,6-7,10,18H2. The van der Waals surface area contributed by atoms with E-state index in [1.807, 2.05) is 30.3 Å². The molecule has 2 nitrogen and oxygen atoms in total. The lowest BCUT2D eigenvalue weighted by atomic mass is 10.1. The maximum Gasteiger partial charge on any atom is 0.120 e. The summed E-state index contributed by atoms with van der Waals surface area (Å²) in [6.07, 6.45) is 0.842. The van der Waals surface area contributed by atoms with Crippen LogP contribution in [0.15, 0.2) is 42.5 Å². The van der Waals surface area contributed by atoms with Crippen molar-refractivity contribution >= 4 is 23.2 Å². The molecule has 0 unspecified atom stereocenters. The summed E-state index contributed by atoms with van der Waals surface area (Å²) >= 11 is 12.0. The Morgan fingerprint density at radius 1 is 1.05 bits per heavy atom. The molecule has 0 aliphatic rings. The number of hydrogen-bond donors (Lipinski definition) is 1. The lowest BCUT2D eigenvalue weighted by Crippen LogP contribution is -2.03. The van der Waals surface area contributed by atoms with E-state index in [0.717, 1.165) is 23.3 Å². The first-order valence-corrected chi connectivity index (χ1v) is 6.80. The average Bonchev–Trinajstić information content (AvgIpc) is 2.41. The first kappa shape index (κ1) is 14.2. The molecule has 2 aromatic rings. The number of rotatable bonds is 5. The molecule has 2 aromatic carbocycles. The predicted octanol–water partition coefficient (Wildman–Crippen LogP) is 4.07. The molecule has 19 heavy (non-hydrogen) atoms. The minimum Gasteiger partial charge on any atom is -0.489 e. The van der Waals surface area contributed by atoms with Crippen LogP contribution in [0.4, 0.5) is 0 Å². The molecule has 2 N–H and O–H groups in total. The highest BCUT2D eigenvalue weighted by molar-refractivity contribution is 6.33. The van der Waals surface area contributed by atoms with Gasteiger partial charge in [0.1, 0.15) is 12.4 Å². The Morgan fingerprint density at radius 2 is 1.89 bits per heavy atom. The minimum atomic E-state index is 0.394. The molecule has 0 aliphatic heterocycles. The highest BCUT2D eigenvalue weighted by atomic mass is 35.5. The van der Waals surface area contributed by atoms with E-state index in [9.17, 15) is 0 Å². The maximum absolute atomic E-state index is 6.09. The lowest BCUT2D eigenvalue weighted by molar-refractivity contribution is 0.306. The second-order valence-corrected chi connectivity index (χ2v) is 5.05. The summed E-state index contributed by atoms with van der Waals surface area (Å²) in [5.41, 5.74) is 7.58. The summed E-state index contributed by atoms with van der Waals surface area (Å²) in [6, 6.07) is 13.2. The van der Waals surface area contributed by atoms with Crippen LogP contribution in [0.1, 0.15) is 11.1 Å². The molecule has 0 heterocycles. The van der Waals surface area contributed by atoms with Crippen LogP contribution in [0.25, 0.3) is 0 Å². The molecule has 100 valence electrons. The second kappa shape index (κ2) is 6.80. The second-order valence-electron chi connectivity index (χ2n) is 4.21. The van der Waals surface area contributed by atoms with E-state index in [-0.39, 0.29) is 0 Å². The first-order valence-electron chi connectivity index (χ1n) is 6.05. The minimum absolute atomic E-state index is 0.394. The molecule has 0 aliphatic carbocycles. The van der Waals surface area contributed by atoms with E-state index in [0.29, 0.717) is 23.2 Å². The van der Waals surface area contributed by atoms with Crippen molar-refractivity contribution in [1.82, 2.24) is 0 Å². The summed E-state index contributed by atoms with van der Waals surface area (Å²) < 4.78 is 5.73. The van der Waals surface area contributed by atoms with Crippen LogP contribution in [0.3, 0.4) is 0 Å². The highest BCUT2D eigenvalue weighted by Crippen LogP contribution is 2.23. The van der Waals surface area contributed by atoms with Crippen LogP contribution < -0.4 is 10.5 Å². The Kier molecular flexibility index (Phi) is 5.08. The largest absolute Gasteiger partial charge is 0.489 e. The molecule has 2 rings (SSSR count). The molecule has 0 saturated carbocycles. The Labute approximate surface area is 123 Å². The van der Waals surface area contributed by atoms with Gasteiger partial charge in [-0.25, -0.2) is 0 Å². The van der Waals surface area contributed by atoms with Crippen LogP contribution in [0.5, 0.6) is 5.75 Å². The molecule has 0 amide bonds. The van der Waals surface area contributed by atoms with Crippen LogP contribution in [-0.4, -0.2) is 6.54 Å². The fourth-order valence-corrected chi connectivity index (χ4v) is 2.14. The molecule has 0 saturated heterocycles. The summed E-state index contributed by atoms with van der Waals surface area (Å²) in [4.78, 5) is 0. The monoisotopic (exact) mass is 295 g/mol. The Bertz CT molecular complexity index is 558. The van der Waals surface area contributed by atoms with Gasteiger partial charge in [0.15, 0.2) is 0 Å². The average molecular weight is 296 g/mol. The van der Waals surface area contributed by atoms with E-state index < -0.39 is 0 Å². The van der Waals surface area contributed by atoms with Crippen molar-refractivity contribution in [3.05, 3.63) is 63.6 Å².